The largest absolute Gasteiger partial charge is 0.497 e. The Bertz CT molecular complexity index is 916. The number of carbonyl (C=O) groups excluding carboxylic acids is 2. The maximum absolute atomic E-state index is 12.8. The summed E-state index contributed by atoms with van der Waals surface area (Å²) in [7, 11) is 3.28. The van der Waals surface area contributed by atoms with E-state index in [1.165, 1.54) is 0 Å². The Morgan fingerprint density at radius 3 is 2.42 bits per heavy atom. The first-order chi connectivity index (χ1) is 16.0. The van der Waals surface area contributed by atoms with E-state index in [0.29, 0.717) is 32.5 Å². The molecule has 1 fully saturated rings. The molecule has 2 aromatic carbocycles. The van der Waals surface area contributed by atoms with E-state index in [1.54, 1.807) is 14.2 Å². The number of rotatable bonds is 9. The molecule has 1 aliphatic rings. The molecule has 1 N–H and O–H groups in total. The third-order valence-electron chi connectivity index (χ3n) is 6.20. The average Bonchev–Trinajstić information content (AvgIpc) is 3.12. The van der Waals surface area contributed by atoms with Crippen LogP contribution < -0.4 is 14.8 Å². The van der Waals surface area contributed by atoms with Crippen LogP contribution in [-0.4, -0.2) is 68.1 Å². The molecule has 0 radical (unpaired) electrons. The molecule has 0 aromatic heterocycles. The zero-order chi connectivity index (χ0) is 23.6. The molecule has 178 valence electrons. The Balaban J connectivity index is 1.44. The molecule has 1 atom stereocenters. The number of amides is 2. The van der Waals surface area contributed by atoms with Crippen LogP contribution in [0.4, 0.5) is 0 Å². The highest BCUT2D eigenvalue weighted by Crippen LogP contribution is 2.15. The lowest BCUT2D eigenvalue weighted by molar-refractivity contribution is -0.131. The summed E-state index contributed by atoms with van der Waals surface area (Å²) >= 11 is 0. The second kappa shape index (κ2) is 12.3. The Kier molecular flexibility index (Phi) is 9.13. The number of hydrogen-bond donors (Lipinski definition) is 1. The van der Waals surface area contributed by atoms with E-state index in [-0.39, 0.29) is 17.9 Å². The molecule has 1 heterocycles. The van der Waals surface area contributed by atoms with Crippen molar-refractivity contribution in [1.29, 1.82) is 0 Å². The van der Waals surface area contributed by atoms with Crippen molar-refractivity contribution < 1.29 is 19.1 Å². The monoisotopic (exact) mass is 453 g/mol. The van der Waals surface area contributed by atoms with Crippen LogP contribution in [0.1, 0.15) is 30.9 Å². The van der Waals surface area contributed by atoms with Crippen molar-refractivity contribution in [2.75, 3.05) is 40.4 Å². The van der Waals surface area contributed by atoms with Crippen molar-refractivity contribution in [2.24, 2.45) is 0 Å². The van der Waals surface area contributed by atoms with Crippen molar-refractivity contribution in [2.45, 2.75) is 38.8 Å². The zero-order valence-corrected chi connectivity index (χ0v) is 19.9. The summed E-state index contributed by atoms with van der Waals surface area (Å²) in [6, 6.07) is 15.3. The Morgan fingerprint density at radius 1 is 0.939 bits per heavy atom. The lowest BCUT2D eigenvalue weighted by Crippen LogP contribution is -2.46. The molecule has 3 rings (SSSR count). The molecule has 2 aromatic rings. The van der Waals surface area contributed by atoms with Crippen molar-refractivity contribution >= 4 is 11.8 Å². The van der Waals surface area contributed by atoms with Gasteiger partial charge in [-0.15, -0.1) is 0 Å². The van der Waals surface area contributed by atoms with Crippen LogP contribution in [0.25, 0.3) is 0 Å². The van der Waals surface area contributed by atoms with E-state index < -0.39 is 0 Å². The minimum atomic E-state index is -0.245. The summed E-state index contributed by atoms with van der Waals surface area (Å²) in [5.41, 5.74) is 2.13. The molecule has 7 heteroatoms. The summed E-state index contributed by atoms with van der Waals surface area (Å²) < 4.78 is 10.4. The molecule has 0 bridgehead atoms. The summed E-state index contributed by atoms with van der Waals surface area (Å²) in [5, 5.41) is 3.02. The number of carbonyl (C=O) groups is 2. The van der Waals surface area contributed by atoms with Crippen molar-refractivity contribution in [3.8, 4) is 11.5 Å². The van der Waals surface area contributed by atoms with Crippen LogP contribution in [0.2, 0.25) is 0 Å². The molecular weight excluding hydrogens is 418 g/mol. The normalized spacial score (nSPS) is 15.4. The van der Waals surface area contributed by atoms with E-state index in [1.807, 2.05) is 60.4 Å². The fourth-order valence-electron chi connectivity index (χ4n) is 4.06. The summed E-state index contributed by atoms with van der Waals surface area (Å²) in [5.74, 6) is 1.76. The van der Waals surface area contributed by atoms with E-state index >= 15 is 0 Å². The first-order valence-corrected chi connectivity index (χ1v) is 11.6. The van der Waals surface area contributed by atoms with Gasteiger partial charge in [-0.05, 0) is 55.2 Å². The number of benzene rings is 2. The van der Waals surface area contributed by atoms with Crippen molar-refractivity contribution in [1.82, 2.24) is 15.1 Å². The highest BCUT2D eigenvalue weighted by molar-refractivity contribution is 5.81. The second-order valence-electron chi connectivity index (χ2n) is 8.36. The number of ether oxygens (including phenoxy) is 2. The van der Waals surface area contributed by atoms with E-state index in [9.17, 15) is 9.59 Å². The maximum Gasteiger partial charge on any atom is 0.237 e. The average molecular weight is 454 g/mol. The maximum atomic E-state index is 12.8. The summed E-state index contributed by atoms with van der Waals surface area (Å²) in [4.78, 5) is 29.6. The fraction of sp³-hybridized carbons (Fsp3) is 0.462. The van der Waals surface area contributed by atoms with Crippen LogP contribution in [-0.2, 0) is 22.6 Å². The molecule has 1 unspecified atom stereocenters. The van der Waals surface area contributed by atoms with Gasteiger partial charge in [0.25, 0.3) is 0 Å². The van der Waals surface area contributed by atoms with Gasteiger partial charge in [-0.1, -0.05) is 24.3 Å². The van der Waals surface area contributed by atoms with Crippen molar-refractivity contribution in [3.05, 3.63) is 59.7 Å². The molecular formula is C26H35N3O4. The van der Waals surface area contributed by atoms with Gasteiger partial charge in [-0.2, -0.15) is 0 Å². The van der Waals surface area contributed by atoms with Crippen LogP contribution >= 0.6 is 0 Å². The van der Waals surface area contributed by atoms with E-state index in [2.05, 4.69) is 10.2 Å². The molecule has 0 saturated carbocycles. The Hall–Kier alpha value is -3.06. The third kappa shape index (κ3) is 7.22. The number of methoxy groups -OCH3 is 2. The SMILES string of the molecule is COc1ccc(CCC(=O)N2CCCN(C(C)C(=O)NCc3cccc(OC)c3)CC2)cc1. The van der Waals surface area contributed by atoms with Gasteiger partial charge in [0.1, 0.15) is 11.5 Å². The Labute approximate surface area is 196 Å². The van der Waals surface area contributed by atoms with Gasteiger partial charge in [-0.3, -0.25) is 14.5 Å². The quantitative estimate of drug-likeness (QED) is 0.632. The van der Waals surface area contributed by atoms with Gasteiger partial charge in [0.15, 0.2) is 0 Å². The number of aryl methyl sites for hydroxylation is 1. The number of nitrogens with zero attached hydrogens (tertiary/aromatic N) is 2. The van der Waals surface area contributed by atoms with Gasteiger partial charge in [0, 0.05) is 39.1 Å². The fourth-order valence-corrected chi connectivity index (χ4v) is 4.06. The van der Waals surface area contributed by atoms with Gasteiger partial charge in [0.2, 0.25) is 11.8 Å². The van der Waals surface area contributed by atoms with Crippen molar-refractivity contribution in [3.63, 3.8) is 0 Å². The smallest absolute Gasteiger partial charge is 0.237 e. The predicted octanol–water partition coefficient (Wildman–Crippen LogP) is 2.88. The molecule has 0 spiro atoms. The van der Waals surface area contributed by atoms with Crippen LogP contribution in [0.3, 0.4) is 0 Å². The third-order valence-corrected chi connectivity index (χ3v) is 6.20. The lowest BCUT2D eigenvalue weighted by Gasteiger charge is -2.27. The first-order valence-electron chi connectivity index (χ1n) is 11.6. The summed E-state index contributed by atoms with van der Waals surface area (Å²) in [6.45, 7) is 5.27. The molecule has 2 amide bonds. The number of nitrogens with one attached hydrogen (secondary N) is 1. The van der Waals surface area contributed by atoms with Gasteiger partial charge < -0.3 is 19.7 Å². The topological polar surface area (TPSA) is 71.1 Å². The minimum absolute atomic E-state index is 0.00268. The van der Waals surface area contributed by atoms with Gasteiger partial charge in [0.05, 0.1) is 20.3 Å². The lowest BCUT2D eigenvalue weighted by atomic mass is 10.1. The minimum Gasteiger partial charge on any atom is -0.497 e. The molecule has 0 aliphatic carbocycles. The van der Waals surface area contributed by atoms with Crippen LogP contribution in [0.5, 0.6) is 11.5 Å². The van der Waals surface area contributed by atoms with Gasteiger partial charge >= 0.3 is 0 Å². The standard InChI is InChI=1S/C26H35N3O4/c1-20(26(31)27-19-22-6-4-7-24(18-22)33-3)28-14-5-15-29(17-16-28)25(30)13-10-21-8-11-23(32-2)12-9-21/h4,6-9,11-12,18,20H,5,10,13-17,19H2,1-3H3,(H,27,31). The molecule has 1 saturated heterocycles. The predicted molar refractivity (Wildman–Crippen MR) is 128 cm³/mol. The van der Waals surface area contributed by atoms with Crippen LogP contribution in [0, 0.1) is 0 Å². The molecule has 1 aliphatic heterocycles. The van der Waals surface area contributed by atoms with E-state index in [4.69, 9.17) is 9.47 Å². The zero-order valence-electron chi connectivity index (χ0n) is 19.9. The van der Waals surface area contributed by atoms with E-state index in [0.717, 1.165) is 42.1 Å². The Morgan fingerprint density at radius 2 is 1.70 bits per heavy atom. The highest BCUT2D eigenvalue weighted by atomic mass is 16.5. The second-order valence-corrected chi connectivity index (χ2v) is 8.36. The first kappa shape index (κ1) is 24.6. The van der Waals surface area contributed by atoms with Gasteiger partial charge in [-0.25, -0.2) is 0 Å². The number of hydrogen-bond acceptors (Lipinski definition) is 5. The molecule has 33 heavy (non-hydrogen) atoms. The molecule has 7 nitrogen and oxygen atoms in total. The van der Waals surface area contributed by atoms with Crippen LogP contribution in [0.15, 0.2) is 48.5 Å². The highest BCUT2D eigenvalue weighted by Gasteiger charge is 2.25. The summed E-state index contributed by atoms with van der Waals surface area (Å²) in [6.07, 6.45) is 2.07.